The van der Waals surface area contributed by atoms with Crippen molar-refractivity contribution in [1.29, 1.82) is 0 Å². The molecule has 0 saturated carbocycles. The largest absolute Gasteiger partial charge is 0.429 e. The summed E-state index contributed by atoms with van der Waals surface area (Å²) in [5, 5.41) is 0.0678. The lowest BCUT2D eigenvalue weighted by molar-refractivity contribution is -0.138. The number of aromatic nitrogens is 2. The highest BCUT2D eigenvalue weighted by Gasteiger charge is 2.35. The van der Waals surface area contributed by atoms with Crippen LogP contribution in [0.5, 0.6) is 10.9 Å². The van der Waals surface area contributed by atoms with E-state index < -0.39 is 11.7 Å². The fourth-order valence-corrected chi connectivity index (χ4v) is 2.37. The summed E-state index contributed by atoms with van der Waals surface area (Å²) >= 11 is 0.904. The molecule has 1 aromatic heterocycles. The Hall–Kier alpha value is -2.16. The molecule has 0 radical (unpaired) electrons. The van der Waals surface area contributed by atoms with Crippen LogP contribution in [-0.4, -0.2) is 33.7 Å². The van der Waals surface area contributed by atoms with Gasteiger partial charge in [-0.1, -0.05) is 0 Å². The predicted octanol–water partition coefficient (Wildman–Crippen LogP) is 4.97. The van der Waals surface area contributed by atoms with Gasteiger partial charge >= 0.3 is 6.18 Å². The molecule has 1 aromatic carbocycles. The highest BCUT2D eigenvalue weighted by molar-refractivity contribution is 7.07. The van der Waals surface area contributed by atoms with E-state index >= 15 is 0 Å². The van der Waals surface area contributed by atoms with Gasteiger partial charge in [-0.2, -0.15) is 22.5 Å². The van der Waals surface area contributed by atoms with Gasteiger partial charge in [0.15, 0.2) is 0 Å². The van der Waals surface area contributed by atoms with Crippen molar-refractivity contribution in [3.63, 3.8) is 0 Å². The van der Waals surface area contributed by atoms with E-state index in [1.54, 1.807) is 18.7 Å². The Bertz CT molecular complexity index is 771. The topological polar surface area (TPSA) is 50.6 Å². The number of alkyl halides is 3. The Morgan fingerprint density at radius 2 is 1.96 bits per heavy atom. The molecular formula is C16H19F3N4OS. The van der Waals surface area contributed by atoms with E-state index in [2.05, 4.69) is 14.3 Å². The van der Waals surface area contributed by atoms with E-state index in [9.17, 15) is 13.2 Å². The van der Waals surface area contributed by atoms with Crippen LogP contribution < -0.4 is 4.74 Å². The lowest BCUT2D eigenvalue weighted by Crippen LogP contribution is -2.24. The lowest BCUT2D eigenvalue weighted by Gasteiger charge is -2.18. The maximum Gasteiger partial charge on any atom is 0.420 e. The first-order valence-electron chi connectivity index (χ1n) is 7.54. The number of hydrogen-bond donors (Lipinski definition) is 0. The summed E-state index contributed by atoms with van der Waals surface area (Å²) in [4.78, 5) is 9.92. The summed E-state index contributed by atoms with van der Waals surface area (Å²) in [5.41, 5.74) is -0.0939. The van der Waals surface area contributed by atoms with Crippen LogP contribution in [0.25, 0.3) is 0 Å². The highest BCUT2D eigenvalue weighted by Crippen LogP contribution is 2.41. The van der Waals surface area contributed by atoms with Gasteiger partial charge in [-0.25, -0.2) is 4.99 Å². The van der Waals surface area contributed by atoms with Crippen molar-refractivity contribution in [2.45, 2.75) is 39.9 Å². The van der Waals surface area contributed by atoms with Gasteiger partial charge in [-0.05, 0) is 45.4 Å². The first-order valence-corrected chi connectivity index (χ1v) is 8.31. The van der Waals surface area contributed by atoms with E-state index in [4.69, 9.17) is 4.74 Å². The van der Waals surface area contributed by atoms with Crippen molar-refractivity contribution < 1.29 is 17.9 Å². The number of hydrogen-bond acceptors (Lipinski definition) is 5. The molecule has 1 heterocycles. The number of ether oxygens (including phenoxy) is 1. The van der Waals surface area contributed by atoms with Crippen LogP contribution in [-0.2, 0) is 6.18 Å². The molecule has 0 N–H and O–H groups in total. The Morgan fingerprint density at radius 1 is 1.28 bits per heavy atom. The number of nitrogens with zero attached hydrogens (tertiary/aromatic N) is 4. The summed E-state index contributed by atoms with van der Waals surface area (Å²) in [6, 6.07) is 2.50. The molecule has 0 bridgehead atoms. The van der Waals surface area contributed by atoms with E-state index in [-0.39, 0.29) is 22.7 Å². The molecule has 5 nitrogen and oxygen atoms in total. The molecular weight excluding hydrogens is 353 g/mol. The Kier molecular flexibility index (Phi) is 5.66. The minimum atomic E-state index is -4.57. The highest BCUT2D eigenvalue weighted by atomic mass is 32.1. The average Bonchev–Trinajstić information content (AvgIpc) is 2.89. The number of rotatable bonds is 5. The molecule has 0 atom stereocenters. The molecule has 0 unspecified atom stereocenters. The van der Waals surface area contributed by atoms with Gasteiger partial charge in [0.2, 0.25) is 0 Å². The zero-order valence-corrected chi connectivity index (χ0v) is 15.4. The van der Waals surface area contributed by atoms with Crippen LogP contribution >= 0.6 is 11.5 Å². The van der Waals surface area contributed by atoms with Gasteiger partial charge in [0.05, 0.1) is 12.0 Å². The lowest BCUT2D eigenvalue weighted by atomic mass is 10.1. The van der Waals surface area contributed by atoms with Gasteiger partial charge in [-0.3, -0.25) is 0 Å². The van der Waals surface area contributed by atoms with Gasteiger partial charge in [0, 0.05) is 24.6 Å². The molecule has 2 rings (SSSR count). The van der Waals surface area contributed by atoms with Crippen LogP contribution in [0.1, 0.15) is 30.8 Å². The Morgan fingerprint density at radius 3 is 2.48 bits per heavy atom. The van der Waals surface area contributed by atoms with E-state index in [1.807, 2.05) is 20.9 Å². The number of benzene rings is 1. The normalized spacial score (nSPS) is 12.2. The standard InChI is InChI=1S/C16H19F3N4OS/c1-9(2)23(5)8-20-13-7-12(16(17,18)19)14(6-10(13)3)24-15-21-11(4)22-25-15/h6-9H,1-5H3/b20-8+. The number of aliphatic imine (C=N–C) groups is 1. The third-order valence-electron chi connectivity index (χ3n) is 3.50. The van der Waals surface area contributed by atoms with Gasteiger partial charge in [0.25, 0.3) is 5.19 Å². The van der Waals surface area contributed by atoms with Crippen LogP contribution in [0.2, 0.25) is 0 Å². The number of halogens is 3. The molecule has 25 heavy (non-hydrogen) atoms. The van der Waals surface area contributed by atoms with Crippen LogP contribution in [0, 0.1) is 13.8 Å². The molecule has 0 fully saturated rings. The quantitative estimate of drug-likeness (QED) is 0.549. The maximum atomic E-state index is 13.4. The maximum absolute atomic E-state index is 13.4. The molecule has 136 valence electrons. The summed E-state index contributed by atoms with van der Waals surface area (Å²) in [5.74, 6) is 0.139. The minimum Gasteiger partial charge on any atom is -0.429 e. The molecule has 9 heteroatoms. The minimum absolute atomic E-state index is 0.0678. The molecule has 0 spiro atoms. The smallest absolute Gasteiger partial charge is 0.420 e. The monoisotopic (exact) mass is 372 g/mol. The van der Waals surface area contributed by atoms with Crippen molar-refractivity contribution in [2.24, 2.45) is 4.99 Å². The van der Waals surface area contributed by atoms with Gasteiger partial charge < -0.3 is 9.64 Å². The summed E-state index contributed by atoms with van der Waals surface area (Å²) in [6.07, 6.45) is -3.06. The summed E-state index contributed by atoms with van der Waals surface area (Å²) < 4.78 is 49.5. The molecule has 0 saturated heterocycles. The van der Waals surface area contributed by atoms with Gasteiger partial charge in [-0.15, -0.1) is 0 Å². The summed E-state index contributed by atoms with van der Waals surface area (Å²) in [6.45, 7) is 7.24. The molecule has 2 aromatic rings. The second kappa shape index (κ2) is 7.38. The Balaban J connectivity index is 2.42. The third kappa shape index (κ3) is 4.91. The third-order valence-corrected chi connectivity index (χ3v) is 4.19. The molecule has 0 amide bonds. The van der Waals surface area contributed by atoms with Crippen molar-refractivity contribution in [2.75, 3.05) is 7.05 Å². The van der Waals surface area contributed by atoms with E-state index in [1.165, 1.54) is 12.4 Å². The zero-order chi connectivity index (χ0) is 18.8. The van der Waals surface area contributed by atoms with Crippen molar-refractivity contribution >= 4 is 23.6 Å². The summed E-state index contributed by atoms with van der Waals surface area (Å²) in [7, 11) is 1.81. The van der Waals surface area contributed by atoms with Crippen molar-refractivity contribution in [3.8, 4) is 10.9 Å². The number of aryl methyl sites for hydroxylation is 2. The fourth-order valence-electron chi connectivity index (χ4n) is 1.82. The second-order valence-electron chi connectivity index (χ2n) is 5.85. The van der Waals surface area contributed by atoms with E-state index in [0.29, 0.717) is 11.4 Å². The SMILES string of the molecule is Cc1nsc(Oc2cc(C)c(/N=C/N(C)C(C)C)cc2C(F)(F)F)n1. The van der Waals surface area contributed by atoms with Gasteiger partial charge in [0.1, 0.15) is 17.1 Å². The Labute approximate surface area is 148 Å². The first kappa shape index (κ1) is 19.2. The second-order valence-corrected chi connectivity index (χ2v) is 6.56. The molecule has 0 aliphatic heterocycles. The molecule has 0 aliphatic carbocycles. The van der Waals surface area contributed by atoms with Crippen molar-refractivity contribution in [1.82, 2.24) is 14.3 Å². The molecule has 0 aliphatic rings. The van der Waals surface area contributed by atoms with E-state index in [0.717, 1.165) is 17.6 Å². The average molecular weight is 372 g/mol. The van der Waals surface area contributed by atoms with Crippen LogP contribution in [0.15, 0.2) is 17.1 Å². The fraction of sp³-hybridized carbons (Fsp3) is 0.438. The first-order chi connectivity index (χ1) is 11.6. The van der Waals surface area contributed by atoms with Crippen LogP contribution in [0.4, 0.5) is 18.9 Å². The predicted molar refractivity (Wildman–Crippen MR) is 92.0 cm³/mol. The van der Waals surface area contributed by atoms with Crippen LogP contribution in [0.3, 0.4) is 0 Å². The van der Waals surface area contributed by atoms with Crippen molar-refractivity contribution in [3.05, 3.63) is 29.1 Å². The zero-order valence-electron chi connectivity index (χ0n) is 14.5.